The third-order valence-corrected chi connectivity index (χ3v) is 4.27. The van der Waals surface area contributed by atoms with E-state index in [4.69, 9.17) is 5.11 Å². The van der Waals surface area contributed by atoms with E-state index in [2.05, 4.69) is 41.8 Å². The summed E-state index contributed by atoms with van der Waals surface area (Å²) in [6.45, 7) is 0.871. The van der Waals surface area contributed by atoms with E-state index in [9.17, 15) is 4.79 Å². The Balaban J connectivity index is 2.05. The molecule has 0 saturated carbocycles. The van der Waals surface area contributed by atoms with Crippen LogP contribution in [-0.4, -0.2) is 23.7 Å². The van der Waals surface area contributed by atoms with Gasteiger partial charge in [-0.25, -0.2) is 0 Å². The van der Waals surface area contributed by atoms with Crippen molar-refractivity contribution in [2.75, 3.05) is 6.54 Å². The molecule has 0 amide bonds. The zero-order valence-electron chi connectivity index (χ0n) is 10.2. The van der Waals surface area contributed by atoms with E-state index < -0.39 is 5.97 Å². The Kier molecular flexibility index (Phi) is 2.71. The van der Waals surface area contributed by atoms with Crippen LogP contribution in [0.15, 0.2) is 47.6 Å². The molecule has 2 N–H and O–H groups in total. The van der Waals surface area contributed by atoms with E-state index in [0.717, 1.165) is 19.4 Å². The molecule has 2 atom stereocenters. The van der Waals surface area contributed by atoms with Crippen molar-refractivity contribution in [1.82, 2.24) is 5.32 Å². The first kappa shape index (κ1) is 11.5. The number of hydrogen-bond acceptors (Lipinski definition) is 2. The lowest BCUT2D eigenvalue weighted by Gasteiger charge is -2.49. The average Bonchev–Trinajstić information content (AvgIpc) is 2.37. The predicted octanol–water partition coefficient (Wildman–Crippen LogP) is 2.19. The smallest absolute Gasteiger partial charge is 0.304 e. The third-order valence-electron chi connectivity index (χ3n) is 4.27. The van der Waals surface area contributed by atoms with Gasteiger partial charge < -0.3 is 10.4 Å². The van der Waals surface area contributed by atoms with Crippen LogP contribution in [0.3, 0.4) is 0 Å². The van der Waals surface area contributed by atoms with Crippen LogP contribution in [0.2, 0.25) is 0 Å². The summed E-state index contributed by atoms with van der Waals surface area (Å²) < 4.78 is 0. The minimum absolute atomic E-state index is 0.00356. The van der Waals surface area contributed by atoms with Gasteiger partial charge in [-0.1, -0.05) is 42.0 Å². The molecule has 0 bridgehead atoms. The lowest BCUT2D eigenvalue weighted by molar-refractivity contribution is -0.138. The van der Waals surface area contributed by atoms with E-state index in [0.29, 0.717) is 0 Å². The first-order chi connectivity index (χ1) is 8.73. The first-order valence-electron chi connectivity index (χ1n) is 6.44. The maximum absolute atomic E-state index is 11.1. The Morgan fingerprint density at radius 1 is 1.44 bits per heavy atom. The summed E-state index contributed by atoms with van der Waals surface area (Å²) in [7, 11) is 0. The van der Waals surface area contributed by atoms with E-state index in [1.165, 1.54) is 11.1 Å². The van der Waals surface area contributed by atoms with Crippen molar-refractivity contribution in [3.63, 3.8) is 0 Å². The summed E-state index contributed by atoms with van der Waals surface area (Å²) in [5.41, 5.74) is 2.51. The fourth-order valence-electron chi connectivity index (χ4n) is 3.48. The Labute approximate surface area is 107 Å². The largest absolute Gasteiger partial charge is 0.481 e. The third kappa shape index (κ3) is 1.58. The van der Waals surface area contributed by atoms with Crippen LogP contribution < -0.4 is 5.32 Å². The minimum Gasteiger partial charge on any atom is -0.481 e. The van der Waals surface area contributed by atoms with E-state index in [1.54, 1.807) is 0 Å². The molecule has 0 aromatic rings. The second kappa shape index (κ2) is 4.25. The number of carbonyl (C=O) groups is 1. The Bertz CT molecular complexity index is 499. The molecule has 94 valence electrons. The van der Waals surface area contributed by atoms with Crippen molar-refractivity contribution < 1.29 is 9.90 Å². The SMILES string of the molecule is O=C(O)CC1NCCC2=CC=CC3=CC=CCC321. The van der Waals surface area contributed by atoms with Gasteiger partial charge in [-0.15, -0.1) is 0 Å². The van der Waals surface area contributed by atoms with Gasteiger partial charge >= 0.3 is 5.97 Å². The van der Waals surface area contributed by atoms with E-state index in [-0.39, 0.29) is 17.9 Å². The molecule has 1 saturated heterocycles. The molecule has 1 spiro atoms. The van der Waals surface area contributed by atoms with Crippen LogP contribution in [0.5, 0.6) is 0 Å². The normalized spacial score (nSPS) is 33.2. The lowest BCUT2D eigenvalue weighted by Crippen LogP contribution is -2.53. The molecular formula is C15H17NO2. The van der Waals surface area contributed by atoms with Crippen LogP contribution >= 0.6 is 0 Å². The number of allylic oxidation sites excluding steroid dienone is 6. The molecular weight excluding hydrogens is 226 g/mol. The van der Waals surface area contributed by atoms with Gasteiger partial charge in [0.15, 0.2) is 0 Å². The molecule has 1 aliphatic heterocycles. The molecule has 3 rings (SSSR count). The van der Waals surface area contributed by atoms with Gasteiger partial charge in [0, 0.05) is 11.5 Å². The highest BCUT2D eigenvalue weighted by atomic mass is 16.4. The predicted molar refractivity (Wildman–Crippen MR) is 70.2 cm³/mol. The molecule has 3 aliphatic rings. The molecule has 3 nitrogen and oxygen atoms in total. The summed E-state index contributed by atoms with van der Waals surface area (Å²) in [6.07, 6.45) is 14.8. The van der Waals surface area contributed by atoms with Gasteiger partial charge in [0.25, 0.3) is 0 Å². The van der Waals surface area contributed by atoms with Crippen LogP contribution in [-0.2, 0) is 4.79 Å². The summed E-state index contributed by atoms with van der Waals surface area (Å²) in [6, 6.07) is -0.00356. The van der Waals surface area contributed by atoms with E-state index in [1.807, 2.05) is 0 Å². The number of nitrogens with one attached hydrogen (secondary N) is 1. The number of carboxylic acids is 1. The van der Waals surface area contributed by atoms with Gasteiger partial charge in [-0.2, -0.15) is 0 Å². The maximum Gasteiger partial charge on any atom is 0.304 e. The molecule has 0 aromatic heterocycles. The van der Waals surface area contributed by atoms with Gasteiger partial charge in [-0.3, -0.25) is 4.79 Å². The van der Waals surface area contributed by atoms with Gasteiger partial charge in [-0.05, 0) is 25.0 Å². The fourth-order valence-corrected chi connectivity index (χ4v) is 3.48. The van der Waals surface area contributed by atoms with Gasteiger partial charge in [0.2, 0.25) is 0 Å². The zero-order chi connectivity index (χ0) is 12.6. The standard InChI is InChI=1S/C15H17NO2/c17-14(18)10-13-15-8-2-1-4-11(15)5-3-6-12(15)7-9-16-13/h1-6,13,16H,7-10H2,(H,17,18). The molecule has 3 heteroatoms. The van der Waals surface area contributed by atoms with E-state index >= 15 is 0 Å². The number of carboxylic acid groups (broad SMARTS) is 1. The summed E-state index contributed by atoms with van der Waals surface area (Å²) in [5, 5.41) is 12.5. The number of hydrogen-bond donors (Lipinski definition) is 2. The topological polar surface area (TPSA) is 49.3 Å². The number of piperidine rings is 1. The van der Waals surface area contributed by atoms with Crippen molar-refractivity contribution in [3.05, 3.63) is 47.6 Å². The highest BCUT2D eigenvalue weighted by Crippen LogP contribution is 2.50. The highest BCUT2D eigenvalue weighted by molar-refractivity contribution is 5.68. The van der Waals surface area contributed by atoms with Gasteiger partial charge in [0.05, 0.1) is 6.42 Å². The van der Waals surface area contributed by atoms with Crippen LogP contribution in [0, 0.1) is 5.41 Å². The Morgan fingerprint density at radius 2 is 2.33 bits per heavy atom. The molecule has 2 unspecified atom stereocenters. The quantitative estimate of drug-likeness (QED) is 0.781. The second-order valence-corrected chi connectivity index (χ2v) is 5.13. The molecule has 1 heterocycles. The van der Waals surface area contributed by atoms with Gasteiger partial charge in [0.1, 0.15) is 0 Å². The highest BCUT2D eigenvalue weighted by Gasteiger charge is 2.47. The second-order valence-electron chi connectivity index (χ2n) is 5.13. The van der Waals surface area contributed by atoms with Crippen LogP contribution in [0.25, 0.3) is 0 Å². The van der Waals surface area contributed by atoms with Crippen LogP contribution in [0.4, 0.5) is 0 Å². The summed E-state index contributed by atoms with van der Waals surface area (Å²) in [5.74, 6) is -0.730. The average molecular weight is 243 g/mol. The number of rotatable bonds is 2. The molecule has 18 heavy (non-hydrogen) atoms. The zero-order valence-corrected chi connectivity index (χ0v) is 10.2. The van der Waals surface area contributed by atoms with Crippen molar-refractivity contribution in [3.8, 4) is 0 Å². The fraction of sp³-hybridized carbons (Fsp3) is 0.400. The molecule has 2 aliphatic carbocycles. The molecule has 1 fully saturated rings. The lowest BCUT2D eigenvalue weighted by atomic mass is 9.60. The summed E-state index contributed by atoms with van der Waals surface area (Å²) >= 11 is 0. The number of aliphatic carboxylic acids is 1. The monoisotopic (exact) mass is 243 g/mol. The first-order valence-corrected chi connectivity index (χ1v) is 6.44. The van der Waals surface area contributed by atoms with Crippen molar-refractivity contribution >= 4 is 5.97 Å². The van der Waals surface area contributed by atoms with Crippen molar-refractivity contribution in [1.29, 1.82) is 0 Å². The summed E-state index contributed by atoms with van der Waals surface area (Å²) in [4.78, 5) is 11.1. The molecule has 0 radical (unpaired) electrons. The van der Waals surface area contributed by atoms with Crippen LogP contribution in [0.1, 0.15) is 19.3 Å². The van der Waals surface area contributed by atoms with Crippen molar-refractivity contribution in [2.24, 2.45) is 5.41 Å². The molecule has 0 aromatic carbocycles. The van der Waals surface area contributed by atoms with Crippen molar-refractivity contribution in [2.45, 2.75) is 25.3 Å². The minimum atomic E-state index is -0.730. The Hall–Kier alpha value is -1.61. The Morgan fingerprint density at radius 3 is 3.17 bits per heavy atom. The maximum atomic E-state index is 11.1.